The van der Waals surface area contributed by atoms with Crippen molar-refractivity contribution in [3.8, 4) is 0 Å². The minimum Gasteiger partial charge on any atom is -0.481 e. The lowest BCUT2D eigenvalue weighted by Gasteiger charge is -2.27. The number of aromatic nitrogens is 2. The average Bonchev–Trinajstić information content (AvgIpc) is 4.14. The summed E-state index contributed by atoms with van der Waals surface area (Å²) in [7, 11) is 0. The first-order valence-electron chi connectivity index (χ1n) is 27.6. The van der Waals surface area contributed by atoms with E-state index >= 15 is 0 Å². The number of carbonyl (C=O) groups is 14. The number of benzene rings is 1. The number of nitrogens with one attached hydrogen (secondary N) is 12. The summed E-state index contributed by atoms with van der Waals surface area (Å²) in [5, 5.41) is 64.4. The molecule has 0 fully saturated rings. The normalized spacial score (nSPS) is 14.7. The number of carboxylic acids is 3. The summed E-state index contributed by atoms with van der Waals surface area (Å²) in [5.74, 6) is -16.4. The highest BCUT2D eigenvalue weighted by Crippen LogP contribution is 2.09. The lowest BCUT2D eigenvalue weighted by molar-refractivity contribution is -0.142. The van der Waals surface area contributed by atoms with Crippen molar-refractivity contribution in [3.63, 3.8) is 0 Å². The van der Waals surface area contributed by atoms with Gasteiger partial charge in [0.25, 0.3) is 0 Å². The highest BCUT2D eigenvalue weighted by Gasteiger charge is 2.36. The Morgan fingerprint density at radius 1 is 0.523 bits per heavy atom. The van der Waals surface area contributed by atoms with Gasteiger partial charge in [0.05, 0.1) is 44.4 Å². The van der Waals surface area contributed by atoms with Crippen LogP contribution < -0.4 is 75.7 Å². The summed E-state index contributed by atoms with van der Waals surface area (Å²) in [6.07, 6.45) is 0.240. The van der Waals surface area contributed by atoms with Crippen molar-refractivity contribution in [3.05, 3.63) is 54.1 Å². The van der Waals surface area contributed by atoms with Crippen LogP contribution in [0.2, 0.25) is 0 Å². The molecule has 88 heavy (non-hydrogen) atoms. The minimum absolute atomic E-state index is 0.0604. The van der Waals surface area contributed by atoms with Crippen LogP contribution in [0.4, 0.5) is 0 Å². The van der Waals surface area contributed by atoms with Gasteiger partial charge in [-0.3, -0.25) is 62.3 Å². The molecule has 0 aliphatic carbocycles. The predicted molar refractivity (Wildman–Crippen MR) is 317 cm³/mol. The van der Waals surface area contributed by atoms with E-state index in [4.69, 9.17) is 17.2 Å². The summed E-state index contributed by atoms with van der Waals surface area (Å²) in [4.78, 5) is 189. The van der Waals surface area contributed by atoms with Gasteiger partial charge in [-0.1, -0.05) is 36.8 Å². The van der Waals surface area contributed by atoms with E-state index < -0.39 is 181 Å². The predicted octanol–water partition coefficient (Wildman–Crippen LogP) is -7.33. The Balaban J connectivity index is 2.24. The fourth-order valence-electron chi connectivity index (χ4n) is 7.93. The zero-order chi connectivity index (χ0) is 66.0. The number of hydrogen-bond acceptors (Lipinski definition) is 21. The molecule has 0 bridgehead atoms. The summed E-state index contributed by atoms with van der Waals surface area (Å²) in [6, 6.07) is -7.24. The standard InChI is InChI=1S/C52H80N16O18S2/c1-26(60-47(80)31(13-7-9-15-54)63-49(82)35(19-41(74)75)64-44(77)30(55)12-6-8-14-53)43(76)68-42(27(2)69)51(84)67-32(16-28-10-4-3-5-11-28)45(78)57-21-38(70)61-36(23-87)50(83)65-33(17-29-20-56-25-59-29)48(81)66-34(18-40(72)73)46(79)58-22-39(71)62-37(24-88)52(85)86/h3-5,10-11,20,25-27,30-37,42,69,87-88H,6-9,12-19,21-24,53-55H2,1-2H3,(H,56,59)(H,57,78)(H,58,79)(H,60,80)(H,61,70)(H,62,71)(H,63,82)(H,64,77)(H,65,83)(H,66,81)(H,67,84)(H,68,76)(H,72,73)(H,74,75)(H,85,86)/t26-,27+,30-,31-,32-,33-,34-,35-,36-,37-,42-/m0/s1. The quantitative estimate of drug-likeness (QED) is 0.0217. The molecule has 0 saturated heterocycles. The molecule has 34 nitrogen and oxygen atoms in total. The number of aromatic amines is 1. The fraction of sp³-hybridized carbons (Fsp3) is 0.558. The maximum Gasteiger partial charge on any atom is 0.327 e. The van der Waals surface area contributed by atoms with Gasteiger partial charge < -0.3 is 101 Å². The number of unbranched alkanes of at least 4 members (excludes halogenated alkanes) is 2. The molecular weight excluding hydrogens is 1200 g/mol. The lowest BCUT2D eigenvalue weighted by atomic mass is 10.0. The number of nitrogens with zero attached hydrogens (tertiary/aromatic N) is 1. The number of carboxylic acid groups (broad SMARTS) is 3. The van der Waals surface area contributed by atoms with Crippen LogP contribution in [0.15, 0.2) is 42.9 Å². The molecular formula is C52H80N16O18S2. The molecule has 11 atom stereocenters. The number of aliphatic carboxylic acids is 3. The number of imidazole rings is 1. The first-order chi connectivity index (χ1) is 41.6. The minimum atomic E-state index is -1.85. The highest BCUT2D eigenvalue weighted by molar-refractivity contribution is 7.80. The number of amides is 11. The molecule has 0 radical (unpaired) electrons. The first-order valence-corrected chi connectivity index (χ1v) is 28.9. The third-order valence-corrected chi connectivity index (χ3v) is 13.5. The van der Waals surface area contributed by atoms with Crippen molar-refractivity contribution in [2.24, 2.45) is 17.2 Å². The molecule has 1 aromatic carbocycles. The second-order valence-corrected chi connectivity index (χ2v) is 20.7. The third-order valence-electron chi connectivity index (χ3n) is 12.7. The molecule has 0 aliphatic rings. The van der Waals surface area contributed by atoms with Gasteiger partial charge in [-0.05, 0) is 64.6 Å². The zero-order valence-electron chi connectivity index (χ0n) is 48.3. The maximum absolute atomic E-state index is 13.9. The van der Waals surface area contributed by atoms with Crippen molar-refractivity contribution in [2.75, 3.05) is 37.7 Å². The van der Waals surface area contributed by atoms with Crippen LogP contribution in [0.3, 0.4) is 0 Å². The molecule has 488 valence electrons. The summed E-state index contributed by atoms with van der Waals surface area (Å²) in [6.45, 7) is 1.22. The number of aliphatic hydroxyl groups is 1. The van der Waals surface area contributed by atoms with E-state index in [1.54, 1.807) is 30.3 Å². The number of carbonyl (C=O) groups excluding carboxylic acids is 11. The Bertz CT molecular complexity index is 2700. The van der Waals surface area contributed by atoms with Crippen LogP contribution in [-0.4, -0.2) is 217 Å². The number of aliphatic hydroxyl groups excluding tert-OH is 1. The smallest absolute Gasteiger partial charge is 0.327 e. The second-order valence-electron chi connectivity index (χ2n) is 20.0. The van der Waals surface area contributed by atoms with Gasteiger partial charge in [-0.15, -0.1) is 0 Å². The van der Waals surface area contributed by atoms with Gasteiger partial charge >= 0.3 is 17.9 Å². The Hall–Kier alpha value is -8.45. The van der Waals surface area contributed by atoms with Crippen molar-refractivity contribution < 1.29 is 87.5 Å². The van der Waals surface area contributed by atoms with Crippen LogP contribution in [0.25, 0.3) is 0 Å². The van der Waals surface area contributed by atoms with E-state index in [0.29, 0.717) is 31.4 Å². The number of rotatable bonds is 42. The van der Waals surface area contributed by atoms with Crippen molar-refractivity contribution in [1.82, 2.24) is 68.5 Å². The average molecular weight is 1280 g/mol. The fourth-order valence-corrected chi connectivity index (χ4v) is 8.43. The number of H-pyrrole nitrogens is 1. The van der Waals surface area contributed by atoms with Crippen molar-refractivity contribution >= 4 is 108 Å². The molecule has 0 aliphatic heterocycles. The Kier molecular flexibility index (Phi) is 34.5. The molecule has 2 rings (SSSR count). The summed E-state index contributed by atoms with van der Waals surface area (Å²) >= 11 is 7.98. The molecule has 1 heterocycles. The van der Waals surface area contributed by atoms with E-state index in [0.717, 1.165) is 6.92 Å². The van der Waals surface area contributed by atoms with Crippen LogP contribution in [0.5, 0.6) is 0 Å². The summed E-state index contributed by atoms with van der Waals surface area (Å²) < 4.78 is 0. The molecule has 1 aromatic heterocycles. The van der Waals surface area contributed by atoms with Gasteiger partial charge in [0.15, 0.2) is 0 Å². The van der Waals surface area contributed by atoms with Gasteiger partial charge in [0, 0.05) is 36.2 Å². The molecule has 2 aromatic rings. The highest BCUT2D eigenvalue weighted by atomic mass is 32.1. The van der Waals surface area contributed by atoms with Gasteiger partial charge in [0.2, 0.25) is 65.0 Å². The van der Waals surface area contributed by atoms with E-state index in [2.05, 4.69) is 93.7 Å². The molecule has 0 unspecified atom stereocenters. The van der Waals surface area contributed by atoms with Crippen LogP contribution >= 0.6 is 25.3 Å². The molecule has 11 amide bonds. The number of thiol groups is 2. The molecule has 0 saturated carbocycles. The lowest BCUT2D eigenvalue weighted by Crippen LogP contribution is -2.61. The molecule has 36 heteroatoms. The van der Waals surface area contributed by atoms with Crippen LogP contribution in [0, 0.1) is 0 Å². The van der Waals surface area contributed by atoms with Crippen LogP contribution in [0.1, 0.15) is 76.5 Å². The largest absolute Gasteiger partial charge is 0.481 e. The first kappa shape index (κ1) is 75.6. The van der Waals surface area contributed by atoms with E-state index in [1.807, 2.05) is 0 Å². The van der Waals surface area contributed by atoms with Gasteiger partial charge in [0.1, 0.15) is 54.4 Å². The molecule has 0 spiro atoms. The van der Waals surface area contributed by atoms with E-state index in [1.165, 1.54) is 19.4 Å². The number of nitrogens with two attached hydrogens (primary N) is 3. The Morgan fingerprint density at radius 2 is 0.989 bits per heavy atom. The zero-order valence-corrected chi connectivity index (χ0v) is 50.1. The van der Waals surface area contributed by atoms with Gasteiger partial charge in [-0.25, -0.2) is 9.78 Å². The van der Waals surface area contributed by atoms with Crippen LogP contribution in [-0.2, 0) is 80.0 Å². The van der Waals surface area contributed by atoms with Crippen molar-refractivity contribution in [1.29, 1.82) is 0 Å². The summed E-state index contributed by atoms with van der Waals surface area (Å²) in [5.41, 5.74) is 17.8. The van der Waals surface area contributed by atoms with Gasteiger partial charge in [-0.2, -0.15) is 25.3 Å². The van der Waals surface area contributed by atoms with E-state index in [-0.39, 0.29) is 50.1 Å². The van der Waals surface area contributed by atoms with Crippen molar-refractivity contribution in [2.45, 2.75) is 145 Å². The third kappa shape index (κ3) is 28.4. The molecule has 22 N–H and O–H groups in total. The SMILES string of the molecule is C[C@H](NC(=O)[C@H](CCCCN)NC(=O)[C@H](CC(=O)O)NC(=O)[C@@H](N)CCCCN)C(=O)N[C@H](C(=O)N[C@@H](Cc1ccccc1)C(=O)NCC(=O)N[C@@H](CS)C(=O)N[C@@H](Cc1cnc[nH]1)C(=O)N[C@@H](CC(=O)O)C(=O)NCC(=O)N[C@@H](CS)C(=O)O)[C@@H](C)O. The second kappa shape index (κ2) is 40.1. The van der Waals surface area contributed by atoms with E-state index in [9.17, 15) is 87.5 Å². The maximum atomic E-state index is 13.9. The monoisotopic (exact) mass is 1280 g/mol. The number of hydrogen-bond donors (Lipinski definition) is 21. The Morgan fingerprint density at radius 3 is 1.51 bits per heavy atom. The Labute approximate surface area is 515 Å². The topological polar surface area (TPSA) is 559 Å².